The molecule has 1 amide bonds. The van der Waals surface area contributed by atoms with Crippen LogP contribution in [0.2, 0.25) is 5.02 Å². The second kappa shape index (κ2) is 9.80. The van der Waals surface area contributed by atoms with Gasteiger partial charge in [-0.2, -0.15) is 0 Å². The zero-order valence-electron chi connectivity index (χ0n) is 15.6. The van der Waals surface area contributed by atoms with Crippen LogP contribution >= 0.6 is 11.6 Å². The summed E-state index contributed by atoms with van der Waals surface area (Å²) < 4.78 is 32.9. The third-order valence-electron chi connectivity index (χ3n) is 3.55. The van der Waals surface area contributed by atoms with Gasteiger partial charge in [0.05, 0.1) is 6.20 Å². The van der Waals surface area contributed by atoms with Crippen molar-refractivity contribution in [2.24, 2.45) is 0 Å². The number of anilines is 1. The third-order valence-corrected chi connectivity index (χ3v) is 3.78. The molecule has 0 aliphatic rings. The van der Waals surface area contributed by atoms with E-state index in [2.05, 4.69) is 10.3 Å². The van der Waals surface area contributed by atoms with Crippen LogP contribution in [0.15, 0.2) is 54.7 Å². The lowest BCUT2D eigenvalue weighted by atomic mass is 10.2. The van der Waals surface area contributed by atoms with Gasteiger partial charge in [0, 0.05) is 5.02 Å². The number of halogens is 3. The highest BCUT2D eigenvalue weighted by Gasteiger charge is 2.17. The molecule has 1 aromatic heterocycles. The molecule has 7 heteroatoms. The number of benzene rings is 2. The summed E-state index contributed by atoms with van der Waals surface area (Å²) in [6, 6.07) is 11.5. The highest BCUT2D eigenvalue weighted by Crippen LogP contribution is 2.28. The molecule has 0 aliphatic carbocycles. The van der Waals surface area contributed by atoms with Gasteiger partial charge in [0.1, 0.15) is 34.5 Å². The minimum Gasteiger partial charge on any atom is -0.455 e. The molecule has 0 saturated heterocycles. The summed E-state index contributed by atoms with van der Waals surface area (Å²) in [7, 11) is 0. The summed E-state index contributed by atoms with van der Waals surface area (Å²) in [6.45, 7) is 5.87. The number of carbonyl (C=O) groups excluding carboxylic acids is 1. The van der Waals surface area contributed by atoms with Crippen molar-refractivity contribution < 1.29 is 18.3 Å². The fourth-order valence-electron chi connectivity index (χ4n) is 2.22. The van der Waals surface area contributed by atoms with Crippen LogP contribution in [0.3, 0.4) is 0 Å². The van der Waals surface area contributed by atoms with Crippen LogP contribution in [0.4, 0.5) is 14.6 Å². The molecule has 28 heavy (non-hydrogen) atoms. The topological polar surface area (TPSA) is 51.2 Å². The van der Waals surface area contributed by atoms with Crippen molar-refractivity contribution in [3.63, 3.8) is 0 Å². The Morgan fingerprint density at radius 2 is 1.75 bits per heavy atom. The molecule has 3 rings (SSSR count). The quantitative estimate of drug-likeness (QED) is 0.548. The van der Waals surface area contributed by atoms with Crippen LogP contribution < -0.4 is 10.1 Å². The van der Waals surface area contributed by atoms with Crippen molar-refractivity contribution in [2.45, 2.75) is 20.8 Å². The van der Waals surface area contributed by atoms with E-state index in [0.29, 0.717) is 16.5 Å². The molecule has 2 aromatic carbocycles. The summed E-state index contributed by atoms with van der Waals surface area (Å²) in [5.41, 5.74) is 0.228. The molecule has 0 atom stereocenters. The van der Waals surface area contributed by atoms with Crippen LogP contribution in [0.1, 0.15) is 29.8 Å². The zero-order chi connectivity index (χ0) is 20.7. The smallest absolute Gasteiger partial charge is 0.262 e. The van der Waals surface area contributed by atoms with Crippen LogP contribution in [-0.4, -0.2) is 10.9 Å². The highest BCUT2D eigenvalue weighted by molar-refractivity contribution is 6.30. The molecule has 1 N–H and O–H groups in total. The summed E-state index contributed by atoms with van der Waals surface area (Å²) in [5.74, 6) is -1.69. The van der Waals surface area contributed by atoms with Gasteiger partial charge in [0.15, 0.2) is 0 Å². The summed E-state index contributed by atoms with van der Waals surface area (Å²) >= 11 is 5.94. The molecular formula is C21H19ClF2N2O2. The van der Waals surface area contributed by atoms with Crippen molar-refractivity contribution in [3.05, 3.63) is 82.5 Å². The number of hydrogen-bond donors (Lipinski definition) is 1. The number of nitrogens with one attached hydrogen (secondary N) is 1. The summed E-state index contributed by atoms with van der Waals surface area (Å²) in [5, 5.41) is 2.88. The van der Waals surface area contributed by atoms with Gasteiger partial charge in [-0.25, -0.2) is 13.8 Å². The van der Waals surface area contributed by atoms with E-state index >= 15 is 0 Å². The molecule has 0 spiro atoms. The summed E-state index contributed by atoms with van der Waals surface area (Å²) in [6.07, 6.45) is 1.38. The Labute approximate surface area is 167 Å². The number of aromatic nitrogens is 1. The Hall–Kier alpha value is -2.99. The number of aryl methyl sites for hydroxylation is 1. The average molecular weight is 405 g/mol. The minimum atomic E-state index is -0.945. The van der Waals surface area contributed by atoms with E-state index in [1.165, 1.54) is 18.3 Å². The number of ether oxygens (including phenoxy) is 1. The molecule has 0 aliphatic heterocycles. The van der Waals surface area contributed by atoms with Crippen molar-refractivity contribution in [1.29, 1.82) is 0 Å². The molecular weight excluding hydrogens is 386 g/mol. The van der Waals surface area contributed by atoms with Gasteiger partial charge in [0.2, 0.25) is 0 Å². The molecule has 0 fully saturated rings. The maximum Gasteiger partial charge on any atom is 0.262 e. The molecule has 146 valence electrons. The standard InChI is InChI=1S/C19H13ClF2N2O2.C2H6/c1-11-5-6-12(20)9-16(11)26-13-7-8-17(23-10-13)24-19(25)18-14(21)3-2-4-15(18)22;1-2/h2-10H,1H3,(H,23,24,25);1-2H3. The lowest BCUT2D eigenvalue weighted by Crippen LogP contribution is -2.16. The van der Waals surface area contributed by atoms with Gasteiger partial charge < -0.3 is 10.1 Å². The first-order chi connectivity index (χ1) is 13.4. The predicted octanol–water partition coefficient (Wildman–Crippen LogP) is 6.39. The summed E-state index contributed by atoms with van der Waals surface area (Å²) in [4.78, 5) is 16.1. The maximum absolute atomic E-state index is 13.6. The van der Waals surface area contributed by atoms with Crippen LogP contribution in [0, 0.1) is 18.6 Å². The van der Waals surface area contributed by atoms with E-state index in [0.717, 1.165) is 17.7 Å². The average Bonchev–Trinajstić information content (AvgIpc) is 2.68. The molecule has 0 unspecified atom stereocenters. The first-order valence-electron chi connectivity index (χ1n) is 8.59. The molecule has 0 saturated carbocycles. The molecule has 3 aromatic rings. The zero-order valence-corrected chi connectivity index (χ0v) is 16.3. The Morgan fingerprint density at radius 3 is 2.36 bits per heavy atom. The van der Waals surface area contributed by atoms with Gasteiger partial charge in [0.25, 0.3) is 5.91 Å². The molecule has 4 nitrogen and oxygen atoms in total. The molecule has 0 bridgehead atoms. The Kier molecular flexibility index (Phi) is 7.46. The fraction of sp³-hybridized carbons (Fsp3) is 0.143. The predicted molar refractivity (Wildman–Crippen MR) is 106 cm³/mol. The van der Waals surface area contributed by atoms with Crippen molar-refractivity contribution in [3.8, 4) is 11.5 Å². The van der Waals surface area contributed by atoms with E-state index < -0.39 is 23.1 Å². The Morgan fingerprint density at radius 1 is 1.07 bits per heavy atom. The van der Waals surface area contributed by atoms with Gasteiger partial charge in [-0.3, -0.25) is 4.79 Å². The van der Waals surface area contributed by atoms with Crippen LogP contribution in [-0.2, 0) is 0 Å². The van der Waals surface area contributed by atoms with Crippen molar-refractivity contribution in [2.75, 3.05) is 5.32 Å². The Bertz CT molecular complexity index is 943. The number of pyridine rings is 1. The van der Waals surface area contributed by atoms with E-state index in [-0.39, 0.29) is 5.82 Å². The minimum absolute atomic E-state index is 0.132. The van der Waals surface area contributed by atoms with E-state index in [9.17, 15) is 13.6 Å². The molecule has 0 radical (unpaired) electrons. The monoisotopic (exact) mass is 404 g/mol. The lowest BCUT2D eigenvalue weighted by Gasteiger charge is -2.10. The van der Waals surface area contributed by atoms with Gasteiger partial charge in [-0.1, -0.05) is 37.6 Å². The third kappa shape index (κ3) is 5.27. The Balaban J connectivity index is 0.00000136. The first kappa shape index (κ1) is 21.3. The highest BCUT2D eigenvalue weighted by atomic mass is 35.5. The number of nitrogens with zero attached hydrogens (tertiary/aromatic N) is 1. The normalized spacial score (nSPS) is 9.93. The van der Waals surface area contributed by atoms with Gasteiger partial charge >= 0.3 is 0 Å². The molecule has 1 heterocycles. The van der Waals surface area contributed by atoms with Crippen LogP contribution in [0.25, 0.3) is 0 Å². The SMILES string of the molecule is CC.Cc1ccc(Cl)cc1Oc1ccc(NC(=O)c2c(F)cccc2F)nc1. The van der Waals surface area contributed by atoms with E-state index in [1.807, 2.05) is 26.8 Å². The fourth-order valence-corrected chi connectivity index (χ4v) is 2.38. The van der Waals surface area contributed by atoms with E-state index in [1.54, 1.807) is 18.2 Å². The first-order valence-corrected chi connectivity index (χ1v) is 8.97. The van der Waals surface area contributed by atoms with Crippen molar-refractivity contribution in [1.82, 2.24) is 4.98 Å². The number of hydrogen-bond acceptors (Lipinski definition) is 3. The van der Waals surface area contributed by atoms with Crippen LogP contribution in [0.5, 0.6) is 11.5 Å². The van der Waals surface area contributed by atoms with Gasteiger partial charge in [-0.05, 0) is 48.9 Å². The number of carbonyl (C=O) groups is 1. The van der Waals surface area contributed by atoms with Gasteiger partial charge in [-0.15, -0.1) is 0 Å². The number of amides is 1. The lowest BCUT2D eigenvalue weighted by molar-refractivity contribution is 0.101. The van der Waals surface area contributed by atoms with Crippen molar-refractivity contribution >= 4 is 23.3 Å². The largest absolute Gasteiger partial charge is 0.455 e. The van der Waals surface area contributed by atoms with E-state index in [4.69, 9.17) is 16.3 Å². The second-order valence-corrected chi connectivity index (χ2v) is 5.88. The second-order valence-electron chi connectivity index (χ2n) is 5.44. The number of rotatable bonds is 4. The maximum atomic E-state index is 13.6.